The minimum Gasteiger partial charge on any atom is -0.447 e. The number of hydrogen-bond donors (Lipinski definition) is 0. The highest BCUT2D eigenvalue weighted by atomic mass is 28.4. The molecule has 1 heterocycles. The van der Waals surface area contributed by atoms with Crippen LogP contribution in [0.3, 0.4) is 0 Å². The molecule has 0 aliphatic carbocycles. The van der Waals surface area contributed by atoms with Crippen molar-refractivity contribution in [2.24, 2.45) is 5.92 Å². The summed E-state index contributed by atoms with van der Waals surface area (Å²) in [5.41, 5.74) is 1.07. The van der Waals surface area contributed by atoms with E-state index in [1.165, 1.54) is 15.3 Å². The zero-order valence-electron chi connectivity index (χ0n) is 30.6. The van der Waals surface area contributed by atoms with Crippen molar-refractivity contribution in [3.05, 3.63) is 96.6 Å². The van der Waals surface area contributed by atoms with Crippen LogP contribution in [0, 0.1) is 5.92 Å². The summed E-state index contributed by atoms with van der Waals surface area (Å²) in [6, 6.07) is 31.1. The van der Waals surface area contributed by atoms with E-state index in [4.69, 9.17) is 13.6 Å². The number of nitrogens with zero attached hydrogens (tertiary/aromatic N) is 1. The Bertz CT molecular complexity index is 1430. The molecule has 4 rings (SSSR count). The third-order valence-corrected chi connectivity index (χ3v) is 19.9. The molecule has 1 aliphatic heterocycles. The quantitative estimate of drug-likeness (QED) is 0.126. The zero-order valence-corrected chi connectivity index (χ0v) is 32.6. The van der Waals surface area contributed by atoms with Crippen LogP contribution in [0.15, 0.2) is 91.0 Å². The first-order valence-corrected chi connectivity index (χ1v) is 22.4. The molecule has 1 saturated heterocycles. The lowest BCUT2D eigenvalue weighted by molar-refractivity contribution is -0.136. The maximum atomic E-state index is 14.1. The number of hydrogen-bond acceptors (Lipinski definition) is 5. The number of carbonyl (C=O) groups excluding carboxylic acids is 2. The van der Waals surface area contributed by atoms with Crippen LogP contribution >= 0.6 is 0 Å². The van der Waals surface area contributed by atoms with E-state index < -0.39 is 28.6 Å². The van der Waals surface area contributed by atoms with Crippen molar-refractivity contribution < 1.29 is 23.2 Å². The zero-order chi connectivity index (χ0) is 35.2. The van der Waals surface area contributed by atoms with Crippen LogP contribution in [0.4, 0.5) is 4.79 Å². The third kappa shape index (κ3) is 8.56. The van der Waals surface area contributed by atoms with Crippen molar-refractivity contribution in [1.29, 1.82) is 0 Å². The van der Waals surface area contributed by atoms with Gasteiger partial charge in [-0.2, -0.15) is 0 Å². The number of cyclic esters (lactones) is 1. The monoisotopic (exact) mass is 687 g/mol. The van der Waals surface area contributed by atoms with E-state index >= 15 is 0 Å². The van der Waals surface area contributed by atoms with Gasteiger partial charge in [0.2, 0.25) is 5.91 Å². The first-order valence-electron chi connectivity index (χ1n) is 17.5. The van der Waals surface area contributed by atoms with Crippen LogP contribution < -0.4 is 10.4 Å². The van der Waals surface area contributed by atoms with Gasteiger partial charge in [-0.25, -0.2) is 9.69 Å². The van der Waals surface area contributed by atoms with Crippen LogP contribution in [-0.4, -0.2) is 58.9 Å². The second kappa shape index (κ2) is 15.7. The summed E-state index contributed by atoms with van der Waals surface area (Å²) in [5, 5.41) is 2.42. The SMILES string of the molecule is C[C@@H](C(=O)N1C(=O)OC[C@H]1Cc1ccccc1)[C@H](CCCCO[Si](c1ccccc1)(c1ccccc1)C(C)(C)C)O[Si](C)(C)C(C)(C)C. The van der Waals surface area contributed by atoms with E-state index in [9.17, 15) is 9.59 Å². The normalized spacial score (nSPS) is 17.2. The van der Waals surface area contributed by atoms with E-state index in [0.29, 0.717) is 19.4 Å². The first-order chi connectivity index (χ1) is 22.6. The third-order valence-electron chi connectivity index (χ3n) is 10.3. The number of unbranched alkanes of at least 4 members (excludes halogenated alkanes) is 1. The molecule has 0 saturated carbocycles. The van der Waals surface area contributed by atoms with E-state index in [0.717, 1.165) is 18.4 Å². The molecular formula is C40H57NO5Si2. The molecule has 0 unspecified atom stereocenters. The molecule has 48 heavy (non-hydrogen) atoms. The largest absolute Gasteiger partial charge is 0.447 e. The summed E-state index contributed by atoms with van der Waals surface area (Å²) in [4.78, 5) is 28.4. The molecule has 0 spiro atoms. The molecule has 1 fully saturated rings. The number of carbonyl (C=O) groups is 2. The lowest BCUT2D eigenvalue weighted by Crippen LogP contribution is -2.66. The second-order valence-electron chi connectivity index (χ2n) is 15.8. The van der Waals surface area contributed by atoms with Crippen molar-refractivity contribution in [2.75, 3.05) is 13.2 Å². The molecule has 0 aromatic heterocycles. The molecule has 260 valence electrons. The highest BCUT2D eigenvalue weighted by molar-refractivity contribution is 6.99. The van der Waals surface area contributed by atoms with Crippen molar-refractivity contribution in [3.63, 3.8) is 0 Å². The Morgan fingerprint density at radius 3 is 1.85 bits per heavy atom. The summed E-state index contributed by atoms with van der Waals surface area (Å²) < 4.78 is 19.6. The molecule has 3 atom stereocenters. The van der Waals surface area contributed by atoms with Crippen LogP contribution in [0.25, 0.3) is 0 Å². The minimum absolute atomic E-state index is 0.0250. The predicted octanol–water partition coefficient (Wildman–Crippen LogP) is 8.35. The summed E-state index contributed by atoms with van der Waals surface area (Å²) in [5.74, 6) is -0.716. The second-order valence-corrected chi connectivity index (χ2v) is 24.9. The first kappa shape index (κ1) is 37.8. The van der Waals surface area contributed by atoms with Gasteiger partial charge in [0.05, 0.1) is 18.1 Å². The summed E-state index contributed by atoms with van der Waals surface area (Å²) in [6.45, 7) is 20.7. The molecule has 2 amide bonds. The number of imide groups is 1. The molecule has 1 aliphatic rings. The van der Waals surface area contributed by atoms with E-state index in [1.54, 1.807) is 0 Å². The van der Waals surface area contributed by atoms with Gasteiger partial charge in [-0.05, 0) is 64.8 Å². The maximum absolute atomic E-state index is 14.1. The van der Waals surface area contributed by atoms with Crippen molar-refractivity contribution in [3.8, 4) is 0 Å². The summed E-state index contributed by atoms with van der Waals surface area (Å²) in [7, 11) is -4.87. The molecule has 0 radical (unpaired) electrons. The minimum atomic E-state index is -2.63. The van der Waals surface area contributed by atoms with Gasteiger partial charge in [0.25, 0.3) is 8.32 Å². The average molecular weight is 688 g/mol. The lowest BCUT2D eigenvalue weighted by Gasteiger charge is -2.43. The Morgan fingerprint density at radius 2 is 1.35 bits per heavy atom. The van der Waals surface area contributed by atoms with Crippen molar-refractivity contribution in [2.45, 2.75) is 109 Å². The topological polar surface area (TPSA) is 65.1 Å². The van der Waals surface area contributed by atoms with Crippen molar-refractivity contribution >= 4 is 39.0 Å². The van der Waals surface area contributed by atoms with Gasteiger partial charge in [-0.15, -0.1) is 0 Å². The van der Waals surface area contributed by atoms with Gasteiger partial charge in [0.1, 0.15) is 6.61 Å². The summed E-state index contributed by atoms with van der Waals surface area (Å²) in [6.07, 6.45) is 2.07. The van der Waals surface area contributed by atoms with Crippen LogP contribution in [-0.2, 0) is 24.8 Å². The Morgan fingerprint density at radius 1 is 0.833 bits per heavy atom. The predicted molar refractivity (Wildman–Crippen MR) is 201 cm³/mol. The van der Waals surface area contributed by atoms with Crippen LogP contribution in [0.1, 0.15) is 73.3 Å². The smallest absolute Gasteiger partial charge is 0.416 e. The van der Waals surface area contributed by atoms with Crippen LogP contribution in [0.5, 0.6) is 0 Å². The fourth-order valence-corrected chi connectivity index (χ4v) is 12.6. The molecule has 0 N–H and O–H groups in total. The van der Waals surface area contributed by atoms with Gasteiger partial charge in [-0.1, -0.05) is 139 Å². The van der Waals surface area contributed by atoms with Crippen LogP contribution in [0.2, 0.25) is 23.2 Å². The fraction of sp³-hybridized carbons (Fsp3) is 0.500. The number of rotatable bonds is 14. The molecule has 3 aromatic carbocycles. The van der Waals surface area contributed by atoms with E-state index in [-0.39, 0.29) is 34.7 Å². The average Bonchev–Trinajstić information content (AvgIpc) is 3.40. The van der Waals surface area contributed by atoms with E-state index in [1.807, 2.05) is 37.3 Å². The Labute approximate surface area is 291 Å². The Hall–Kier alpha value is -3.05. The molecular weight excluding hydrogens is 631 g/mol. The number of amides is 2. The fourth-order valence-electron chi connectivity index (χ4n) is 6.55. The van der Waals surface area contributed by atoms with Gasteiger partial charge in [-0.3, -0.25) is 4.79 Å². The van der Waals surface area contributed by atoms with Gasteiger partial charge >= 0.3 is 6.09 Å². The standard InChI is InChI=1S/C40H57NO5Si2/c1-31(37(42)41-33(30-44-38(41)43)29-32-21-13-10-14-22-32)36(46-47(8,9)39(2,3)4)27-19-20-28-45-48(40(5,6)7,34-23-15-11-16-24-34)35-25-17-12-18-26-35/h10-18,21-26,31,33,36H,19-20,27-30H2,1-9H3/t31-,33-,36+/m1/s1. The van der Waals surface area contributed by atoms with E-state index in [2.05, 4.69) is 115 Å². The molecule has 3 aromatic rings. The van der Waals surface area contributed by atoms with Gasteiger partial charge < -0.3 is 13.6 Å². The highest BCUT2D eigenvalue weighted by Gasteiger charge is 2.50. The molecule has 0 bridgehead atoms. The van der Waals surface area contributed by atoms with Crippen molar-refractivity contribution in [1.82, 2.24) is 4.90 Å². The van der Waals surface area contributed by atoms with Gasteiger partial charge in [0, 0.05) is 6.61 Å². The highest BCUT2D eigenvalue weighted by Crippen LogP contribution is 2.40. The lowest BCUT2D eigenvalue weighted by atomic mass is 9.97. The molecule has 6 nitrogen and oxygen atoms in total. The van der Waals surface area contributed by atoms with Gasteiger partial charge in [0.15, 0.2) is 8.32 Å². The number of benzene rings is 3. The Balaban J connectivity index is 1.51. The molecule has 8 heteroatoms. The Kier molecular flexibility index (Phi) is 12.3. The number of ether oxygens (including phenoxy) is 1. The summed E-state index contributed by atoms with van der Waals surface area (Å²) >= 11 is 0. The maximum Gasteiger partial charge on any atom is 0.416 e.